The van der Waals surface area contributed by atoms with Crippen molar-refractivity contribution in [2.24, 2.45) is 5.92 Å². The Hall–Kier alpha value is -1.36. The molecule has 5 heteroatoms. The number of esters is 1. The highest BCUT2D eigenvalue weighted by Gasteiger charge is 2.51. The molecule has 21 heavy (non-hydrogen) atoms. The highest BCUT2D eigenvalue weighted by Crippen LogP contribution is 2.41. The van der Waals surface area contributed by atoms with Crippen LogP contribution in [0.25, 0.3) is 0 Å². The highest BCUT2D eigenvalue weighted by atomic mass is 16.5. The van der Waals surface area contributed by atoms with Gasteiger partial charge in [0.1, 0.15) is 5.54 Å². The van der Waals surface area contributed by atoms with Crippen molar-refractivity contribution in [3.63, 3.8) is 0 Å². The summed E-state index contributed by atoms with van der Waals surface area (Å²) in [6, 6.07) is 2.53. The predicted molar refractivity (Wildman–Crippen MR) is 79.8 cm³/mol. The van der Waals surface area contributed by atoms with E-state index < -0.39 is 5.54 Å². The lowest BCUT2D eigenvalue weighted by atomic mass is 9.84. The SMILES string of the molecule is COC(=O)C1(NC2CC2)CCCC1CCn1ccc(C)n1. The molecule has 0 bridgehead atoms. The third-order valence-corrected chi connectivity index (χ3v) is 4.89. The summed E-state index contributed by atoms with van der Waals surface area (Å²) in [7, 11) is 1.50. The fourth-order valence-electron chi connectivity index (χ4n) is 3.64. The van der Waals surface area contributed by atoms with E-state index in [4.69, 9.17) is 4.74 Å². The number of aromatic nitrogens is 2. The molecule has 1 aromatic heterocycles. The second-order valence-corrected chi connectivity index (χ2v) is 6.48. The third kappa shape index (κ3) is 2.98. The van der Waals surface area contributed by atoms with Gasteiger partial charge in [0.05, 0.1) is 12.8 Å². The molecule has 2 aliphatic carbocycles. The fraction of sp³-hybridized carbons (Fsp3) is 0.750. The number of ether oxygens (including phenoxy) is 1. The van der Waals surface area contributed by atoms with Crippen LogP contribution in [0.15, 0.2) is 12.3 Å². The van der Waals surface area contributed by atoms with Crippen molar-refractivity contribution in [2.45, 2.75) is 63.6 Å². The van der Waals surface area contributed by atoms with Gasteiger partial charge in [-0.05, 0) is 51.0 Å². The standard InChI is InChI=1S/C16H25N3O2/c1-12-7-10-19(18-12)11-8-13-4-3-9-16(13,15(20)21-2)17-14-5-6-14/h7,10,13-14,17H,3-6,8-9,11H2,1-2H3. The van der Waals surface area contributed by atoms with Crippen molar-refractivity contribution >= 4 is 5.97 Å². The highest BCUT2D eigenvalue weighted by molar-refractivity contribution is 5.81. The minimum atomic E-state index is -0.460. The van der Waals surface area contributed by atoms with Gasteiger partial charge in [-0.2, -0.15) is 5.10 Å². The fourth-order valence-corrected chi connectivity index (χ4v) is 3.64. The van der Waals surface area contributed by atoms with Gasteiger partial charge in [-0.25, -0.2) is 0 Å². The maximum Gasteiger partial charge on any atom is 0.326 e. The van der Waals surface area contributed by atoms with Gasteiger partial charge in [0.15, 0.2) is 0 Å². The van der Waals surface area contributed by atoms with E-state index in [9.17, 15) is 4.79 Å². The van der Waals surface area contributed by atoms with Crippen molar-refractivity contribution in [2.75, 3.05) is 7.11 Å². The molecule has 2 aliphatic rings. The predicted octanol–water partition coefficient (Wildman–Crippen LogP) is 2.05. The Morgan fingerprint density at radius 1 is 1.52 bits per heavy atom. The van der Waals surface area contributed by atoms with Gasteiger partial charge in [-0.1, -0.05) is 6.42 Å². The Balaban J connectivity index is 1.70. The maximum absolute atomic E-state index is 12.4. The van der Waals surface area contributed by atoms with E-state index in [0.29, 0.717) is 12.0 Å². The van der Waals surface area contributed by atoms with Crippen molar-refractivity contribution in [3.8, 4) is 0 Å². The smallest absolute Gasteiger partial charge is 0.326 e. The van der Waals surface area contributed by atoms with Gasteiger partial charge >= 0.3 is 5.97 Å². The Kier molecular flexibility index (Phi) is 4.02. The molecule has 0 amide bonds. The average Bonchev–Trinajstić information content (AvgIpc) is 3.04. The first-order valence-corrected chi connectivity index (χ1v) is 8.00. The van der Waals surface area contributed by atoms with Gasteiger partial charge in [0, 0.05) is 18.8 Å². The third-order valence-electron chi connectivity index (χ3n) is 4.89. The van der Waals surface area contributed by atoms with Crippen LogP contribution < -0.4 is 5.32 Å². The second kappa shape index (κ2) is 5.79. The molecule has 1 heterocycles. The van der Waals surface area contributed by atoms with Crippen LogP contribution in [0.3, 0.4) is 0 Å². The van der Waals surface area contributed by atoms with Crippen molar-refractivity contribution in [1.82, 2.24) is 15.1 Å². The summed E-state index contributed by atoms with van der Waals surface area (Å²) in [5.74, 6) is 0.267. The molecule has 3 rings (SSSR count). The van der Waals surface area contributed by atoms with Crippen LogP contribution in [0.1, 0.15) is 44.2 Å². The van der Waals surface area contributed by atoms with E-state index in [1.807, 2.05) is 23.9 Å². The van der Waals surface area contributed by atoms with E-state index in [1.54, 1.807) is 0 Å². The number of carbonyl (C=O) groups excluding carboxylic acids is 1. The number of methoxy groups -OCH3 is 1. The monoisotopic (exact) mass is 291 g/mol. The van der Waals surface area contributed by atoms with Crippen LogP contribution in [0.2, 0.25) is 0 Å². The molecule has 116 valence electrons. The van der Waals surface area contributed by atoms with Gasteiger partial charge in [0.2, 0.25) is 0 Å². The molecular formula is C16H25N3O2. The Labute approximate surface area is 126 Å². The molecule has 2 fully saturated rings. The molecule has 2 unspecified atom stereocenters. The molecule has 0 spiro atoms. The number of hydrogen-bond acceptors (Lipinski definition) is 4. The minimum Gasteiger partial charge on any atom is -0.468 e. The Morgan fingerprint density at radius 2 is 2.33 bits per heavy atom. The number of aryl methyl sites for hydroxylation is 2. The largest absolute Gasteiger partial charge is 0.468 e. The van der Waals surface area contributed by atoms with E-state index in [2.05, 4.69) is 10.4 Å². The molecule has 0 saturated heterocycles. The van der Waals surface area contributed by atoms with Gasteiger partial charge in [0.25, 0.3) is 0 Å². The number of carbonyl (C=O) groups is 1. The van der Waals surface area contributed by atoms with Crippen molar-refractivity contribution in [1.29, 1.82) is 0 Å². The Morgan fingerprint density at radius 3 is 2.95 bits per heavy atom. The maximum atomic E-state index is 12.4. The zero-order chi connectivity index (χ0) is 14.9. The van der Waals surface area contributed by atoms with Gasteiger partial charge in [-0.3, -0.25) is 14.8 Å². The molecule has 0 aromatic carbocycles. The zero-order valence-corrected chi connectivity index (χ0v) is 13.0. The zero-order valence-electron chi connectivity index (χ0n) is 13.0. The number of hydrogen-bond donors (Lipinski definition) is 1. The molecule has 5 nitrogen and oxygen atoms in total. The number of nitrogens with one attached hydrogen (secondary N) is 1. The van der Waals surface area contributed by atoms with Crippen LogP contribution in [0, 0.1) is 12.8 Å². The molecule has 1 N–H and O–H groups in total. The Bertz CT molecular complexity index is 509. The number of rotatable bonds is 6. The van der Waals surface area contributed by atoms with Crippen LogP contribution in [0.4, 0.5) is 0 Å². The molecule has 1 aromatic rings. The summed E-state index contributed by atoms with van der Waals surface area (Å²) in [6.45, 7) is 2.86. The summed E-state index contributed by atoms with van der Waals surface area (Å²) in [5.41, 5.74) is 0.578. The average molecular weight is 291 g/mol. The van der Waals surface area contributed by atoms with Crippen LogP contribution >= 0.6 is 0 Å². The molecule has 2 atom stereocenters. The lowest BCUT2D eigenvalue weighted by Gasteiger charge is -2.34. The molecular weight excluding hydrogens is 266 g/mol. The summed E-state index contributed by atoms with van der Waals surface area (Å²) < 4.78 is 7.11. The summed E-state index contributed by atoms with van der Waals surface area (Å²) >= 11 is 0. The van der Waals surface area contributed by atoms with E-state index in [0.717, 1.165) is 37.9 Å². The quantitative estimate of drug-likeness (QED) is 0.815. The second-order valence-electron chi connectivity index (χ2n) is 6.48. The van der Waals surface area contributed by atoms with Crippen molar-refractivity contribution in [3.05, 3.63) is 18.0 Å². The molecule has 0 radical (unpaired) electrons. The van der Waals surface area contributed by atoms with Crippen LogP contribution in [-0.2, 0) is 16.1 Å². The van der Waals surface area contributed by atoms with Gasteiger partial charge < -0.3 is 4.74 Å². The molecule has 0 aliphatic heterocycles. The van der Waals surface area contributed by atoms with Crippen LogP contribution in [-0.4, -0.2) is 34.4 Å². The first-order valence-electron chi connectivity index (χ1n) is 8.00. The normalized spacial score (nSPS) is 28.8. The topological polar surface area (TPSA) is 56.1 Å². The van der Waals surface area contributed by atoms with Gasteiger partial charge in [-0.15, -0.1) is 0 Å². The van der Waals surface area contributed by atoms with Crippen molar-refractivity contribution < 1.29 is 9.53 Å². The van der Waals surface area contributed by atoms with E-state index >= 15 is 0 Å². The first kappa shape index (κ1) is 14.6. The lowest BCUT2D eigenvalue weighted by molar-refractivity contribution is -0.150. The summed E-state index contributed by atoms with van der Waals surface area (Å²) in [5, 5.41) is 8.04. The van der Waals surface area contributed by atoms with Crippen LogP contribution in [0.5, 0.6) is 0 Å². The summed E-state index contributed by atoms with van der Waals surface area (Å²) in [4.78, 5) is 12.4. The number of nitrogens with zero attached hydrogens (tertiary/aromatic N) is 2. The van der Waals surface area contributed by atoms with E-state index in [-0.39, 0.29) is 5.97 Å². The minimum absolute atomic E-state index is 0.0754. The van der Waals surface area contributed by atoms with E-state index in [1.165, 1.54) is 20.0 Å². The first-order chi connectivity index (χ1) is 10.1. The summed E-state index contributed by atoms with van der Waals surface area (Å²) in [6.07, 6.45) is 8.44. The molecule has 2 saturated carbocycles. The lowest BCUT2D eigenvalue weighted by Crippen LogP contribution is -2.56.